The Labute approximate surface area is 234 Å². The van der Waals surface area contributed by atoms with Crippen molar-refractivity contribution in [3.8, 4) is 11.5 Å². The molecule has 1 aliphatic heterocycles. The summed E-state index contributed by atoms with van der Waals surface area (Å²) in [4.78, 5) is 18.7. The fourth-order valence-corrected chi connectivity index (χ4v) is 5.23. The third-order valence-electron chi connectivity index (χ3n) is 7.51. The van der Waals surface area contributed by atoms with Gasteiger partial charge in [-0.25, -0.2) is 4.98 Å². The maximum absolute atomic E-state index is 13.7. The van der Waals surface area contributed by atoms with Crippen LogP contribution in [0.2, 0.25) is 0 Å². The largest absolute Gasteiger partial charge is 0.506 e. The van der Waals surface area contributed by atoms with Crippen molar-refractivity contribution >= 4 is 11.6 Å². The number of carbonyl (C=O) groups excluding carboxylic acids is 1. The van der Waals surface area contributed by atoms with Crippen LogP contribution in [-0.2, 0) is 6.18 Å². The molecular weight excluding hydrogens is 519 g/mol. The van der Waals surface area contributed by atoms with E-state index in [2.05, 4.69) is 44.9 Å². The predicted molar refractivity (Wildman–Crippen MR) is 151 cm³/mol. The van der Waals surface area contributed by atoms with Gasteiger partial charge in [0.1, 0.15) is 11.5 Å². The van der Waals surface area contributed by atoms with Gasteiger partial charge in [0.25, 0.3) is 5.91 Å². The second-order valence-electron chi connectivity index (χ2n) is 10.6. The Hall–Kier alpha value is -3.49. The molecule has 218 valence electrons. The molecule has 1 aromatic carbocycles. The van der Waals surface area contributed by atoms with Crippen molar-refractivity contribution in [3.05, 3.63) is 69.7 Å². The van der Waals surface area contributed by atoms with E-state index in [4.69, 9.17) is 0 Å². The number of anilines is 1. The van der Waals surface area contributed by atoms with E-state index >= 15 is 0 Å². The van der Waals surface area contributed by atoms with Crippen LogP contribution in [0, 0.1) is 0 Å². The third kappa shape index (κ3) is 6.62. The molecule has 6 nitrogen and oxygen atoms in total. The van der Waals surface area contributed by atoms with Crippen molar-refractivity contribution < 1.29 is 28.2 Å². The summed E-state index contributed by atoms with van der Waals surface area (Å²) in [6, 6.07) is 6.07. The number of benzene rings is 1. The minimum absolute atomic E-state index is 0.102. The topological polar surface area (TPSA) is 85.7 Å². The van der Waals surface area contributed by atoms with Crippen LogP contribution in [0.5, 0.6) is 11.5 Å². The van der Waals surface area contributed by atoms with E-state index in [0.29, 0.717) is 25.1 Å². The fourth-order valence-electron chi connectivity index (χ4n) is 5.23. The quantitative estimate of drug-likeness (QED) is 0.270. The number of rotatable bonds is 9. The van der Waals surface area contributed by atoms with E-state index in [0.717, 1.165) is 53.9 Å². The van der Waals surface area contributed by atoms with Crippen LogP contribution in [-0.4, -0.2) is 38.6 Å². The maximum atomic E-state index is 13.7. The van der Waals surface area contributed by atoms with Crippen LogP contribution in [0.1, 0.15) is 101 Å². The molecule has 0 saturated carbocycles. The molecule has 2 heterocycles. The summed E-state index contributed by atoms with van der Waals surface area (Å²) in [6.07, 6.45) is -0.430. The molecule has 0 fully saturated rings. The highest BCUT2D eigenvalue weighted by atomic mass is 19.4. The van der Waals surface area contributed by atoms with E-state index in [1.54, 1.807) is 11.0 Å². The first-order valence-corrected chi connectivity index (χ1v) is 13.9. The molecule has 0 bridgehead atoms. The number of nitrogens with zero attached hydrogens (tertiary/aromatic N) is 2. The van der Waals surface area contributed by atoms with Gasteiger partial charge in [0, 0.05) is 24.9 Å². The van der Waals surface area contributed by atoms with E-state index < -0.39 is 23.5 Å². The zero-order valence-corrected chi connectivity index (χ0v) is 24.1. The van der Waals surface area contributed by atoms with Crippen molar-refractivity contribution in [1.29, 1.82) is 0 Å². The van der Waals surface area contributed by atoms with E-state index in [-0.39, 0.29) is 23.3 Å². The summed E-state index contributed by atoms with van der Waals surface area (Å²) in [6.45, 7) is 12.6. The molecule has 0 spiro atoms. The van der Waals surface area contributed by atoms with E-state index in [1.807, 2.05) is 19.1 Å². The Bertz CT molecular complexity index is 1300. The molecule has 0 radical (unpaired) electrons. The number of allylic oxidation sites excluding steroid dienone is 1. The lowest BCUT2D eigenvalue weighted by Crippen LogP contribution is -2.46. The highest BCUT2D eigenvalue weighted by Gasteiger charge is 2.38. The monoisotopic (exact) mass is 559 g/mol. The van der Waals surface area contributed by atoms with Crippen molar-refractivity contribution in [1.82, 2.24) is 9.88 Å². The molecular formula is C31H40F3N3O3. The molecule has 2 aromatic rings. The zero-order chi connectivity index (χ0) is 29.8. The van der Waals surface area contributed by atoms with Gasteiger partial charge in [0.15, 0.2) is 5.69 Å². The van der Waals surface area contributed by atoms with Gasteiger partial charge >= 0.3 is 6.18 Å². The lowest BCUT2D eigenvalue weighted by atomic mass is 9.83. The second kappa shape index (κ2) is 12.8. The van der Waals surface area contributed by atoms with Crippen LogP contribution in [0.4, 0.5) is 18.9 Å². The highest BCUT2D eigenvalue weighted by Crippen LogP contribution is 2.39. The van der Waals surface area contributed by atoms with Crippen molar-refractivity contribution in [2.75, 3.05) is 11.9 Å². The van der Waals surface area contributed by atoms with Gasteiger partial charge in [-0.2, -0.15) is 13.2 Å². The first-order valence-electron chi connectivity index (χ1n) is 13.9. The molecule has 3 N–H and O–H groups in total. The number of alkyl halides is 3. The first kappa shape index (κ1) is 31.0. The number of hydrogen-bond acceptors (Lipinski definition) is 5. The number of aromatic hydroxyl groups is 2. The Morgan fingerprint density at radius 1 is 1.15 bits per heavy atom. The minimum atomic E-state index is -4.82. The number of pyridine rings is 1. The molecule has 40 heavy (non-hydrogen) atoms. The number of aromatic nitrogens is 1. The summed E-state index contributed by atoms with van der Waals surface area (Å²) in [5, 5.41) is 24.3. The minimum Gasteiger partial charge on any atom is -0.506 e. The van der Waals surface area contributed by atoms with Crippen LogP contribution in [0.3, 0.4) is 0 Å². The van der Waals surface area contributed by atoms with Crippen LogP contribution < -0.4 is 5.32 Å². The number of halogens is 3. The number of carbonyl (C=O) groups is 1. The number of hydrogen-bond donors (Lipinski definition) is 3. The highest BCUT2D eigenvalue weighted by molar-refractivity contribution is 5.95. The summed E-state index contributed by atoms with van der Waals surface area (Å²) in [5.74, 6) is -1.16. The van der Waals surface area contributed by atoms with Crippen LogP contribution in [0.15, 0.2) is 52.9 Å². The first-order chi connectivity index (χ1) is 18.8. The van der Waals surface area contributed by atoms with Crippen molar-refractivity contribution in [3.63, 3.8) is 0 Å². The van der Waals surface area contributed by atoms with Gasteiger partial charge in [-0.3, -0.25) is 4.79 Å². The standard InChI is InChI=1S/C31H40F3N3O3/c1-7-10-22(19(6)8-2)28-24(36-23-12-11-20(18(4)5)15-26(23)38)13-14-37(25(28)9-3)30(40)21-16-27(39)29(35-17-21)31(32,33)34/h11-12,15-18,25,36,38-39H,7-10,13-14H2,1-6H3. The molecule has 9 heteroatoms. The van der Waals surface area contributed by atoms with Crippen LogP contribution >= 0.6 is 0 Å². The molecule has 1 unspecified atom stereocenters. The predicted octanol–water partition coefficient (Wildman–Crippen LogP) is 8.15. The average molecular weight is 560 g/mol. The Morgan fingerprint density at radius 3 is 2.38 bits per heavy atom. The molecule has 0 saturated heterocycles. The summed E-state index contributed by atoms with van der Waals surface area (Å²) >= 11 is 0. The summed E-state index contributed by atoms with van der Waals surface area (Å²) < 4.78 is 39.4. The van der Waals surface area contributed by atoms with Crippen molar-refractivity contribution in [2.45, 2.75) is 91.8 Å². The van der Waals surface area contributed by atoms with Crippen molar-refractivity contribution in [2.24, 2.45) is 0 Å². The van der Waals surface area contributed by atoms with Crippen LogP contribution in [0.25, 0.3) is 0 Å². The van der Waals surface area contributed by atoms with Gasteiger partial charge in [-0.1, -0.05) is 52.7 Å². The number of nitrogens with one attached hydrogen (secondary N) is 1. The Morgan fingerprint density at radius 2 is 1.85 bits per heavy atom. The van der Waals surface area contributed by atoms with E-state index in [1.165, 1.54) is 5.57 Å². The summed E-state index contributed by atoms with van der Waals surface area (Å²) in [7, 11) is 0. The fraction of sp³-hybridized carbons (Fsp3) is 0.484. The van der Waals surface area contributed by atoms with Gasteiger partial charge in [-0.05, 0) is 67.0 Å². The molecule has 1 aliphatic rings. The van der Waals surface area contributed by atoms with E-state index in [9.17, 15) is 28.2 Å². The van der Waals surface area contributed by atoms with Gasteiger partial charge in [0.2, 0.25) is 0 Å². The lowest BCUT2D eigenvalue weighted by Gasteiger charge is -2.40. The second-order valence-corrected chi connectivity index (χ2v) is 10.6. The SMILES string of the molecule is CCCC(=C(C)CC)C1=C(Nc2ccc(C(C)C)cc2O)CCN(C(=O)c2cnc(C(F)(F)F)c(O)c2)C1CC. The summed E-state index contributed by atoms with van der Waals surface area (Å²) in [5.41, 5.74) is 4.29. The maximum Gasteiger partial charge on any atom is 0.437 e. The van der Waals surface area contributed by atoms with Gasteiger partial charge < -0.3 is 20.4 Å². The normalized spacial score (nSPS) is 16.9. The molecule has 1 aromatic heterocycles. The van der Waals surface area contributed by atoms with Gasteiger partial charge in [0.05, 0.1) is 17.3 Å². The smallest absolute Gasteiger partial charge is 0.437 e. The molecule has 3 rings (SSSR count). The lowest BCUT2D eigenvalue weighted by molar-refractivity contribution is -0.142. The number of phenols is 1. The molecule has 1 atom stereocenters. The molecule has 0 aliphatic carbocycles. The number of amides is 1. The molecule has 1 amide bonds. The average Bonchev–Trinajstić information content (AvgIpc) is 2.90. The number of phenolic OH excluding ortho intramolecular Hbond substituents is 1. The Kier molecular flexibility index (Phi) is 9.92. The third-order valence-corrected chi connectivity index (χ3v) is 7.51. The zero-order valence-electron chi connectivity index (χ0n) is 24.1. The van der Waals surface area contributed by atoms with Gasteiger partial charge in [-0.15, -0.1) is 0 Å². The Balaban J connectivity index is 2.11.